The van der Waals surface area contributed by atoms with Gasteiger partial charge in [0, 0.05) is 23.0 Å². The summed E-state index contributed by atoms with van der Waals surface area (Å²) in [7, 11) is 1.44. The average molecular weight is 559 g/mol. The highest BCUT2D eigenvalue weighted by Gasteiger charge is 2.56. The summed E-state index contributed by atoms with van der Waals surface area (Å²) in [5.74, 6) is -2.99. The highest BCUT2D eigenvalue weighted by Crippen LogP contribution is 2.57. The predicted octanol–water partition coefficient (Wildman–Crippen LogP) is 4.53. The lowest BCUT2D eigenvalue weighted by Crippen LogP contribution is -2.40. The Hall–Kier alpha value is -5.32. The summed E-state index contributed by atoms with van der Waals surface area (Å²) in [6.07, 6.45) is 2.51. The largest absolute Gasteiger partial charge is 0.507 e. The van der Waals surface area contributed by atoms with Crippen molar-refractivity contribution < 1.29 is 43.3 Å². The minimum Gasteiger partial charge on any atom is -0.507 e. The molecule has 0 bridgehead atoms. The molecule has 2 aliphatic rings. The maximum atomic E-state index is 14.1. The van der Waals surface area contributed by atoms with Crippen LogP contribution in [0.25, 0.3) is 0 Å². The normalized spacial score (nSPS) is 18.6. The van der Waals surface area contributed by atoms with Crippen molar-refractivity contribution in [2.45, 2.75) is 33.1 Å². The van der Waals surface area contributed by atoms with Gasteiger partial charge >= 0.3 is 0 Å². The van der Waals surface area contributed by atoms with Crippen LogP contribution >= 0.6 is 0 Å². The van der Waals surface area contributed by atoms with E-state index in [1.165, 1.54) is 47.1 Å². The van der Waals surface area contributed by atoms with Gasteiger partial charge in [-0.3, -0.25) is 19.2 Å². The molecule has 0 radical (unpaired) electrons. The predicted molar refractivity (Wildman–Crippen MR) is 147 cm³/mol. The molecule has 1 atom stereocenters. The van der Waals surface area contributed by atoms with Crippen LogP contribution in [0, 0.1) is 6.92 Å². The highest BCUT2D eigenvalue weighted by atomic mass is 16.5. The Balaban J connectivity index is 1.57. The van der Waals surface area contributed by atoms with Gasteiger partial charge in [-0.05, 0) is 58.0 Å². The fourth-order valence-corrected chi connectivity index (χ4v) is 5.11. The summed E-state index contributed by atoms with van der Waals surface area (Å²) in [5, 5.41) is 27.3. The molecular formula is C30H26N2O9. The number of Topliss-reactive ketones (excluding diaryl/α,β-unsaturated/α-hetero) is 2. The van der Waals surface area contributed by atoms with Gasteiger partial charge in [0.15, 0.2) is 23.1 Å². The number of hydrogen-bond donors (Lipinski definition) is 4. The Morgan fingerprint density at radius 3 is 2.41 bits per heavy atom. The molecule has 2 aromatic carbocycles. The molecule has 11 nitrogen and oxygen atoms in total. The number of benzene rings is 2. The quantitative estimate of drug-likeness (QED) is 0.192. The van der Waals surface area contributed by atoms with Crippen molar-refractivity contribution >= 4 is 34.6 Å². The average Bonchev–Trinajstić information content (AvgIpc) is 3.55. The van der Waals surface area contributed by atoms with Gasteiger partial charge in [-0.25, -0.2) is 0 Å². The van der Waals surface area contributed by atoms with Crippen LogP contribution in [0.5, 0.6) is 23.0 Å². The Morgan fingerprint density at radius 1 is 1.05 bits per heavy atom. The first-order valence-electron chi connectivity index (χ1n) is 12.5. The topological polar surface area (TPSA) is 164 Å². The molecule has 1 aliphatic heterocycles. The molecule has 1 amide bonds. The third-order valence-electron chi connectivity index (χ3n) is 7.28. The van der Waals surface area contributed by atoms with Crippen LogP contribution in [0.15, 0.2) is 64.1 Å². The van der Waals surface area contributed by atoms with Crippen molar-refractivity contribution in [3.63, 3.8) is 0 Å². The minimum atomic E-state index is -1.66. The fraction of sp³-hybridized carbons (Fsp3) is 0.200. The number of hydrogen-bond acceptors (Lipinski definition) is 10. The number of furan rings is 1. The summed E-state index contributed by atoms with van der Waals surface area (Å²) in [6.45, 7) is 5.64. The number of carbonyl (C=O) groups is 4. The van der Waals surface area contributed by atoms with Crippen molar-refractivity contribution in [1.82, 2.24) is 0 Å². The number of ether oxygens (including phenoxy) is 2. The smallest absolute Gasteiger partial charge is 0.291 e. The molecule has 41 heavy (non-hydrogen) atoms. The first-order chi connectivity index (χ1) is 19.4. The van der Waals surface area contributed by atoms with E-state index in [0.717, 1.165) is 6.08 Å². The van der Waals surface area contributed by atoms with E-state index >= 15 is 0 Å². The van der Waals surface area contributed by atoms with Gasteiger partial charge in [0.1, 0.15) is 39.7 Å². The Morgan fingerprint density at radius 2 is 1.78 bits per heavy atom. The molecule has 210 valence electrons. The van der Waals surface area contributed by atoms with Crippen LogP contribution in [0.2, 0.25) is 0 Å². The van der Waals surface area contributed by atoms with Crippen LogP contribution in [0.4, 0.5) is 11.4 Å². The number of aromatic hydroxyl groups is 2. The molecule has 2 heterocycles. The first kappa shape index (κ1) is 27.3. The Labute approximate surface area is 234 Å². The number of methoxy groups -OCH3 is 1. The number of rotatable bonds is 6. The molecule has 11 heteroatoms. The van der Waals surface area contributed by atoms with Gasteiger partial charge in [-0.15, -0.1) is 0 Å². The van der Waals surface area contributed by atoms with Gasteiger partial charge < -0.3 is 34.7 Å². The number of anilines is 2. The number of fused-ring (bicyclic) bond motifs is 3. The monoisotopic (exact) mass is 558 g/mol. The van der Waals surface area contributed by atoms with Gasteiger partial charge in [0.05, 0.1) is 30.2 Å². The molecule has 4 N–H and O–H groups in total. The van der Waals surface area contributed by atoms with Crippen molar-refractivity contribution in [2.24, 2.45) is 0 Å². The van der Waals surface area contributed by atoms with Crippen LogP contribution in [0.3, 0.4) is 0 Å². The van der Waals surface area contributed by atoms with Crippen molar-refractivity contribution in [1.29, 1.82) is 0 Å². The second kappa shape index (κ2) is 9.70. The zero-order valence-corrected chi connectivity index (χ0v) is 22.8. The molecular weight excluding hydrogens is 532 g/mol. The molecule has 1 aliphatic carbocycles. The van der Waals surface area contributed by atoms with Gasteiger partial charge in [-0.1, -0.05) is 0 Å². The molecule has 0 spiro atoms. The van der Waals surface area contributed by atoms with Crippen molar-refractivity contribution in [3.05, 3.63) is 82.2 Å². The zero-order valence-electron chi connectivity index (χ0n) is 22.8. The van der Waals surface area contributed by atoms with Crippen LogP contribution in [0.1, 0.15) is 52.8 Å². The van der Waals surface area contributed by atoms with Gasteiger partial charge in [0.25, 0.3) is 5.91 Å². The van der Waals surface area contributed by atoms with E-state index in [-0.39, 0.29) is 45.2 Å². The summed E-state index contributed by atoms with van der Waals surface area (Å²) >= 11 is 0. The van der Waals surface area contributed by atoms with E-state index in [0.29, 0.717) is 17.1 Å². The third kappa shape index (κ3) is 4.13. The summed E-state index contributed by atoms with van der Waals surface area (Å²) in [6, 6.07) is 7.87. The molecule has 5 rings (SSSR count). The molecule has 0 fully saturated rings. The van der Waals surface area contributed by atoms with Crippen molar-refractivity contribution in [3.8, 4) is 23.0 Å². The van der Waals surface area contributed by atoms with E-state index in [1.807, 2.05) is 0 Å². The van der Waals surface area contributed by atoms with Gasteiger partial charge in [-0.2, -0.15) is 0 Å². The van der Waals surface area contributed by atoms with Crippen LogP contribution in [-0.2, 0) is 15.0 Å². The second-order valence-corrected chi connectivity index (χ2v) is 9.86. The Bertz CT molecular complexity index is 1730. The lowest BCUT2D eigenvalue weighted by atomic mass is 9.70. The standard InChI is InChI=1S/C30H26N2O9/c1-13-25(35)23(15(3)33)27-24(26(13)36)30(4)21(41-27)12-18(34)22(28(30)37)14(2)31-17-11-16(8-9-19(17)39-5)32-29(38)20-7-6-10-40-20/h6-12,31,35-36H,1-5H3,(H,32,38)/t30-/m0/s1. The van der Waals surface area contributed by atoms with E-state index in [4.69, 9.17) is 13.9 Å². The van der Waals surface area contributed by atoms with E-state index in [2.05, 4.69) is 10.6 Å². The highest BCUT2D eigenvalue weighted by molar-refractivity contribution is 6.31. The van der Waals surface area contributed by atoms with Crippen molar-refractivity contribution in [2.75, 3.05) is 17.7 Å². The lowest BCUT2D eigenvalue weighted by molar-refractivity contribution is -0.123. The minimum absolute atomic E-state index is 0.00301. The number of phenols is 2. The summed E-state index contributed by atoms with van der Waals surface area (Å²) in [5.41, 5.74) is -1.16. The zero-order chi connectivity index (χ0) is 29.8. The Kier molecular flexibility index (Phi) is 6.45. The first-order valence-corrected chi connectivity index (χ1v) is 12.5. The maximum absolute atomic E-state index is 14.1. The van der Waals surface area contributed by atoms with E-state index in [9.17, 15) is 29.4 Å². The molecule has 0 saturated carbocycles. The summed E-state index contributed by atoms with van der Waals surface area (Å²) < 4.78 is 16.3. The maximum Gasteiger partial charge on any atom is 0.291 e. The molecule has 3 aromatic rings. The van der Waals surface area contributed by atoms with E-state index < -0.39 is 40.2 Å². The fourth-order valence-electron chi connectivity index (χ4n) is 5.11. The number of carbonyl (C=O) groups excluding carboxylic acids is 4. The number of amides is 1. The number of ketones is 3. The number of phenolic OH excluding ortho intramolecular Hbond substituents is 2. The van der Waals surface area contributed by atoms with Gasteiger partial charge in [0.2, 0.25) is 0 Å². The summed E-state index contributed by atoms with van der Waals surface area (Å²) in [4.78, 5) is 52.2. The van der Waals surface area contributed by atoms with Crippen LogP contribution < -0.4 is 20.1 Å². The van der Waals surface area contributed by atoms with Crippen LogP contribution in [-0.4, -0.2) is 40.6 Å². The number of allylic oxidation sites excluding steroid dienone is 4. The van der Waals surface area contributed by atoms with E-state index in [1.54, 1.807) is 24.3 Å². The third-order valence-corrected chi connectivity index (χ3v) is 7.28. The lowest BCUT2D eigenvalue weighted by Gasteiger charge is -2.29. The second-order valence-electron chi connectivity index (χ2n) is 9.86. The SMILES string of the molecule is COc1ccc(NC(=O)c2ccco2)cc1NC(C)=C1C(=O)C=C2Oc3c(C(C)=O)c(O)c(C)c(O)c3[C@@]2(C)C1=O. The molecule has 0 unspecified atom stereocenters. The molecule has 1 aromatic heterocycles. The number of nitrogens with one attached hydrogen (secondary N) is 2. The molecule has 0 saturated heterocycles.